The first kappa shape index (κ1) is 8.80. The van der Waals surface area contributed by atoms with Gasteiger partial charge in [0.2, 0.25) is 0 Å². The normalized spacial score (nSPS) is 11.3. The number of fused-ring (bicyclic) bond motifs is 3. The lowest BCUT2D eigenvalue weighted by Gasteiger charge is -1.95. The third kappa shape index (κ3) is 1.23. The van der Waals surface area contributed by atoms with Crippen molar-refractivity contribution in [3.63, 3.8) is 0 Å². The fraction of sp³-hybridized carbons (Fsp3) is 0. The van der Waals surface area contributed by atoms with Gasteiger partial charge in [0.25, 0.3) is 0 Å². The highest BCUT2D eigenvalue weighted by Crippen LogP contribution is 2.27. The predicted octanol–water partition coefficient (Wildman–Crippen LogP) is 2.43. The molecule has 0 aliphatic rings. The summed E-state index contributed by atoms with van der Waals surface area (Å²) < 4.78 is 5.61. The molecule has 3 aromatic rings. The van der Waals surface area contributed by atoms with Crippen LogP contribution in [0.2, 0.25) is 5.15 Å². The molecule has 0 spiro atoms. The Hall–Kier alpha value is -1.48. The monoisotopic (exact) mass is 213 g/mol. The molecule has 0 saturated carbocycles. The van der Waals surface area contributed by atoms with E-state index in [0.717, 1.165) is 16.4 Å². The first-order valence-electron chi connectivity index (χ1n) is 4.49. The van der Waals surface area contributed by atoms with Gasteiger partial charge in [-0.25, -0.2) is 0 Å². The van der Waals surface area contributed by atoms with E-state index in [0.29, 0.717) is 16.3 Å². The largest absolute Gasteiger partial charge is 0.456 e. The Balaban J connectivity index is 2.61. The fourth-order valence-electron chi connectivity index (χ4n) is 1.74. The zero-order chi connectivity index (χ0) is 10.4. The third-order valence-electron chi connectivity index (χ3n) is 2.36. The molecular formula is C11H5BClNO. The molecule has 0 fully saturated rings. The van der Waals surface area contributed by atoms with Gasteiger partial charge >= 0.3 is 0 Å². The van der Waals surface area contributed by atoms with Crippen LogP contribution in [0.1, 0.15) is 0 Å². The van der Waals surface area contributed by atoms with E-state index in [4.69, 9.17) is 23.9 Å². The Labute approximate surface area is 92.3 Å². The van der Waals surface area contributed by atoms with Crippen molar-refractivity contribution in [1.82, 2.24) is 4.98 Å². The highest BCUT2D eigenvalue weighted by Gasteiger charge is 2.09. The Morgan fingerprint density at radius 3 is 2.87 bits per heavy atom. The quantitative estimate of drug-likeness (QED) is 0.423. The van der Waals surface area contributed by atoms with Gasteiger partial charge in [-0.05, 0) is 6.07 Å². The van der Waals surface area contributed by atoms with Crippen LogP contribution in [0.5, 0.6) is 0 Å². The van der Waals surface area contributed by atoms with E-state index in [2.05, 4.69) is 4.98 Å². The second kappa shape index (κ2) is 3.01. The summed E-state index contributed by atoms with van der Waals surface area (Å²) in [5.74, 6) is 0. The maximum atomic E-state index is 5.81. The molecular weight excluding hydrogens is 208 g/mol. The van der Waals surface area contributed by atoms with Gasteiger partial charge in [-0.15, -0.1) is 0 Å². The van der Waals surface area contributed by atoms with E-state index < -0.39 is 0 Å². The van der Waals surface area contributed by atoms with E-state index in [1.54, 1.807) is 6.07 Å². The van der Waals surface area contributed by atoms with Crippen molar-refractivity contribution in [3.8, 4) is 0 Å². The molecule has 4 heteroatoms. The van der Waals surface area contributed by atoms with E-state index in [-0.39, 0.29) is 0 Å². The maximum Gasteiger partial charge on any atom is 0.142 e. The van der Waals surface area contributed by atoms with Crippen molar-refractivity contribution in [2.45, 2.75) is 0 Å². The molecule has 0 bridgehead atoms. The summed E-state index contributed by atoms with van der Waals surface area (Å²) in [6.07, 6.45) is 0. The number of furan rings is 1. The number of pyridine rings is 1. The lowest BCUT2D eigenvalue weighted by atomic mass is 9.98. The Kier molecular flexibility index (Phi) is 1.76. The third-order valence-corrected chi connectivity index (χ3v) is 2.55. The number of nitrogens with zero attached hydrogens (tertiary/aromatic N) is 1. The van der Waals surface area contributed by atoms with Crippen LogP contribution in [0.15, 0.2) is 34.7 Å². The summed E-state index contributed by atoms with van der Waals surface area (Å²) in [6.45, 7) is 0. The van der Waals surface area contributed by atoms with E-state index in [1.807, 2.05) is 24.3 Å². The summed E-state index contributed by atoms with van der Waals surface area (Å²) in [5.41, 5.74) is 1.87. The average molecular weight is 213 g/mol. The van der Waals surface area contributed by atoms with Crippen LogP contribution < -0.4 is 5.59 Å². The number of aromatic nitrogens is 1. The second-order valence-corrected chi connectivity index (χ2v) is 3.69. The fourth-order valence-corrected chi connectivity index (χ4v) is 1.93. The Bertz CT molecular complexity index is 662. The van der Waals surface area contributed by atoms with Gasteiger partial charge in [0, 0.05) is 22.4 Å². The van der Waals surface area contributed by atoms with Crippen molar-refractivity contribution in [3.05, 3.63) is 35.5 Å². The van der Waals surface area contributed by atoms with Crippen LogP contribution >= 0.6 is 11.6 Å². The van der Waals surface area contributed by atoms with E-state index in [1.165, 1.54) is 0 Å². The SMILES string of the molecule is [B]c1nc(Cl)cc2oc3ccccc3c12. The lowest BCUT2D eigenvalue weighted by Crippen LogP contribution is -2.08. The van der Waals surface area contributed by atoms with Crippen molar-refractivity contribution in [2.75, 3.05) is 0 Å². The minimum Gasteiger partial charge on any atom is -0.456 e. The number of benzene rings is 1. The molecule has 0 aliphatic heterocycles. The molecule has 0 unspecified atom stereocenters. The van der Waals surface area contributed by atoms with Gasteiger partial charge in [-0.2, -0.15) is 0 Å². The van der Waals surface area contributed by atoms with Gasteiger partial charge in [-0.3, -0.25) is 4.98 Å². The Morgan fingerprint density at radius 1 is 1.20 bits per heavy atom. The van der Waals surface area contributed by atoms with Crippen molar-refractivity contribution >= 4 is 47.0 Å². The summed E-state index contributed by atoms with van der Waals surface area (Å²) in [7, 11) is 5.81. The van der Waals surface area contributed by atoms with Crippen LogP contribution in [0, 0.1) is 0 Å². The minimum atomic E-state index is 0.346. The summed E-state index contributed by atoms with van der Waals surface area (Å²) >= 11 is 5.80. The average Bonchev–Trinajstić information content (AvgIpc) is 2.54. The van der Waals surface area contributed by atoms with Gasteiger partial charge in [0.15, 0.2) is 0 Å². The molecule has 2 nitrogen and oxygen atoms in total. The molecule has 1 aromatic carbocycles. The molecule has 0 atom stereocenters. The molecule has 0 amide bonds. The number of hydrogen-bond acceptors (Lipinski definition) is 2. The van der Waals surface area contributed by atoms with Crippen LogP contribution in [-0.4, -0.2) is 12.8 Å². The van der Waals surface area contributed by atoms with Crippen LogP contribution in [0.25, 0.3) is 21.9 Å². The van der Waals surface area contributed by atoms with Crippen molar-refractivity contribution in [2.24, 2.45) is 0 Å². The summed E-state index contributed by atoms with van der Waals surface area (Å²) in [5, 5.41) is 2.14. The van der Waals surface area contributed by atoms with Crippen LogP contribution in [0.3, 0.4) is 0 Å². The van der Waals surface area contributed by atoms with Gasteiger partial charge < -0.3 is 4.42 Å². The van der Waals surface area contributed by atoms with E-state index in [9.17, 15) is 0 Å². The molecule has 0 saturated heterocycles. The molecule has 2 heterocycles. The number of halogens is 1. The van der Waals surface area contributed by atoms with Crippen LogP contribution in [0.4, 0.5) is 0 Å². The van der Waals surface area contributed by atoms with Crippen molar-refractivity contribution in [1.29, 1.82) is 0 Å². The van der Waals surface area contributed by atoms with Crippen molar-refractivity contribution < 1.29 is 4.42 Å². The van der Waals surface area contributed by atoms with Gasteiger partial charge in [0.1, 0.15) is 24.2 Å². The molecule has 15 heavy (non-hydrogen) atoms. The number of para-hydroxylation sites is 1. The topological polar surface area (TPSA) is 26.0 Å². The highest BCUT2D eigenvalue weighted by molar-refractivity contribution is 6.41. The van der Waals surface area contributed by atoms with E-state index >= 15 is 0 Å². The summed E-state index contributed by atoms with van der Waals surface area (Å²) in [6, 6.07) is 9.37. The summed E-state index contributed by atoms with van der Waals surface area (Å²) in [4.78, 5) is 4.01. The Morgan fingerprint density at radius 2 is 2.00 bits per heavy atom. The second-order valence-electron chi connectivity index (χ2n) is 3.30. The van der Waals surface area contributed by atoms with Gasteiger partial charge in [-0.1, -0.05) is 29.8 Å². The first-order chi connectivity index (χ1) is 7.25. The highest BCUT2D eigenvalue weighted by atomic mass is 35.5. The molecule has 70 valence electrons. The smallest absolute Gasteiger partial charge is 0.142 e. The first-order valence-corrected chi connectivity index (χ1v) is 4.87. The minimum absolute atomic E-state index is 0.346. The molecule has 3 rings (SSSR count). The molecule has 0 aliphatic carbocycles. The number of hydrogen-bond donors (Lipinski definition) is 0. The van der Waals surface area contributed by atoms with Gasteiger partial charge in [0.05, 0.1) is 0 Å². The zero-order valence-corrected chi connectivity index (χ0v) is 8.45. The zero-order valence-electron chi connectivity index (χ0n) is 7.70. The molecule has 0 N–H and O–H groups in total. The van der Waals surface area contributed by atoms with Crippen LogP contribution in [-0.2, 0) is 0 Å². The molecule has 2 radical (unpaired) electrons. The standard InChI is InChI=1S/C11H5BClNO/c12-11-10-6-3-1-2-4-7(6)15-8(10)5-9(13)14-11/h1-5H. The maximum absolute atomic E-state index is 5.81. The number of rotatable bonds is 0. The predicted molar refractivity (Wildman–Crippen MR) is 61.9 cm³/mol. The molecule has 2 aromatic heterocycles. The lowest BCUT2D eigenvalue weighted by molar-refractivity contribution is 0.668.